The van der Waals surface area contributed by atoms with E-state index in [0.29, 0.717) is 26.1 Å². The summed E-state index contributed by atoms with van der Waals surface area (Å²) in [5, 5.41) is 3.63. The van der Waals surface area contributed by atoms with Gasteiger partial charge in [-0.25, -0.2) is 4.79 Å². The Hall–Kier alpha value is -2.36. The molecule has 1 aromatic heterocycles. The highest BCUT2D eigenvalue weighted by Crippen LogP contribution is 2.40. The van der Waals surface area contributed by atoms with Crippen LogP contribution in [0.1, 0.15) is 26.2 Å². The van der Waals surface area contributed by atoms with Gasteiger partial charge in [0.1, 0.15) is 5.75 Å². The van der Waals surface area contributed by atoms with Gasteiger partial charge in [-0.05, 0) is 101 Å². The number of benzene rings is 2. The first-order valence-electron chi connectivity index (χ1n) is 10.9. The molecule has 174 valence electrons. The SMILES string of the molecule is CCOC(=O)C(=O)Nc1cc(Br)c(Oc2ccc3c(ccn3CN3CCCCC3)c2)c(Br)c1. The highest BCUT2D eigenvalue weighted by atomic mass is 79.9. The average molecular weight is 579 g/mol. The summed E-state index contributed by atoms with van der Waals surface area (Å²) in [5.74, 6) is -0.492. The first kappa shape index (κ1) is 23.8. The Morgan fingerprint density at radius 3 is 2.45 bits per heavy atom. The lowest BCUT2D eigenvalue weighted by atomic mass is 10.1. The van der Waals surface area contributed by atoms with Gasteiger partial charge >= 0.3 is 11.9 Å². The number of fused-ring (bicyclic) bond motifs is 1. The van der Waals surface area contributed by atoms with E-state index in [1.54, 1.807) is 19.1 Å². The van der Waals surface area contributed by atoms with Crippen molar-refractivity contribution in [2.45, 2.75) is 32.9 Å². The van der Waals surface area contributed by atoms with Gasteiger partial charge in [-0.1, -0.05) is 6.42 Å². The van der Waals surface area contributed by atoms with Gasteiger partial charge in [0, 0.05) is 22.8 Å². The van der Waals surface area contributed by atoms with Gasteiger partial charge in [0.25, 0.3) is 0 Å². The van der Waals surface area contributed by atoms with E-state index < -0.39 is 11.9 Å². The number of nitrogens with one attached hydrogen (secondary N) is 1. The molecule has 4 rings (SSSR count). The second kappa shape index (κ2) is 10.7. The summed E-state index contributed by atoms with van der Waals surface area (Å²) in [5.41, 5.74) is 1.60. The number of hydrogen-bond donors (Lipinski definition) is 1. The fraction of sp³-hybridized carbons (Fsp3) is 0.333. The zero-order chi connectivity index (χ0) is 23.4. The second-order valence-corrected chi connectivity index (χ2v) is 9.58. The number of carbonyl (C=O) groups is 2. The Labute approximate surface area is 209 Å². The van der Waals surface area contributed by atoms with E-state index >= 15 is 0 Å². The molecule has 0 unspecified atom stereocenters. The molecular formula is C24H25Br2N3O4. The number of aromatic nitrogens is 1. The lowest BCUT2D eigenvalue weighted by molar-refractivity contribution is -0.152. The predicted molar refractivity (Wildman–Crippen MR) is 135 cm³/mol. The summed E-state index contributed by atoms with van der Waals surface area (Å²) in [6, 6.07) is 11.5. The molecule has 9 heteroatoms. The van der Waals surface area contributed by atoms with Crippen LogP contribution in [-0.4, -0.2) is 41.0 Å². The van der Waals surface area contributed by atoms with Gasteiger partial charge in [-0.3, -0.25) is 9.69 Å². The number of amides is 1. The summed E-state index contributed by atoms with van der Waals surface area (Å²) in [6.07, 6.45) is 5.99. The second-order valence-electron chi connectivity index (χ2n) is 7.87. The van der Waals surface area contributed by atoms with Crippen LogP contribution in [0.5, 0.6) is 11.5 Å². The first-order valence-corrected chi connectivity index (χ1v) is 12.5. The van der Waals surface area contributed by atoms with Gasteiger partial charge in [-0.2, -0.15) is 0 Å². The van der Waals surface area contributed by atoms with Crippen molar-refractivity contribution in [2.24, 2.45) is 0 Å². The zero-order valence-electron chi connectivity index (χ0n) is 18.3. The summed E-state index contributed by atoms with van der Waals surface area (Å²) in [6.45, 7) is 4.99. The normalized spacial score (nSPS) is 14.3. The van der Waals surface area contributed by atoms with Gasteiger partial charge in [-0.15, -0.1) is 0 Å². The van der Waals surface area contributed by atoms with Crippen LogP contribution in [0.3, 0.4) is 0 Å². The van der Waals surface area contributed by atoms with Crippen molar-refractivity contribution in [2.75, 3.05) is 25.0 Å². The van der Waals surface area contributed by atoms with Crippen molar-refractivity contribution in [1.82, 2.24) is 9.47 Å². The molecule has 1 aliphatic heterocycles. The molecule has 2 heterocycles. The first-order chi connectivity index (χ1) is 15.9. The van der Waals surface area contributed by atoms with Crippen molar-refractivity contribution in [3.05, 3.63) is 51.5 Å². The molecule has 0 spiro atoms. The molecule has 1 amide bonds. The van der Waals surface area contributed by atoms with E-state index in [0.717, 1.165) is 25.1 Å². The van der Waals surface area contributed by atoms with Crippen molar-refractivity contribution < 1.29 is 19.1 Å². The number of esters is 1. The van der Waals surface area contributed by atoms with E-state index in [4.69, 9.17) is 9.47 Å². The Bertz CT molecular complexity index is 1150. The number of likely N-dealkylation sites (tertiary alicyclic amines) is 1. The minimum Gasteiger partial charge on any atom is -0.459 e. The van der Waals surface area contributed by atoms with Crippen LogP contribution in [0, 0.1) is 0 Å². The van der Waals surface area contributed by atoms with Crippen LogP contribution in [0.25, 0.3) is 10.9 Å². The third-order valence-corrected chi connectivity index (χ3v) is 6.66. The lowest BCUT2D eigenvalue weighted by Crippen LogP contribution is -2.31. The van der Waals surface area contributed by atoms with Gasteiger partial charge < -0.3 is 19.4 Å². The predicted octanol–water partition coefficient (Wildman–Crippen LogP) is 5.90. The Kier molecular flexibility index (Phi) is 7.72. The van der Waals surface area contributed by atoms with Crippen molar-refractivity contribution in [3.8, 4) is 11.5 Å². The highest BCUT2D eigenvalue weighted by Gasteiger charge is 2.18. The molecule has 1 aliphatic rings. The molecule has 0 radical (unpaired) electrons. The molecule has 0 bridgehead atoms. The minimum atomic E-state index is -0.925. The van der Waals surface area contributed by atoms with E-state index in [9.17, 15) is 9.59 Å². The maximum atomic E-state index is 11.9. The van der Waals surface area contributed by atoms with Crippen LogP contribution in [0.2, 0.25) is 0 Å². The molecule has 0 aliphatic carbocycles. The number of rotatable bonds is 6. The fourth-order valence-corrected chi connectivity index (χ4v) is 5.26. The topological polar surface area (TPSA) is 72.8 Å². The van der Waals surface area contributed by atoms with E-state index in [1.165, 1.54) is 24.8 Å². The number of hydrogen-bond acceptors (Lipinski definition) is 5. The number of nitrogens with zero attached hydrogens (tertiary/aromatic N) is 2. The van der Waals surface area contributed by atoms with Gasteiger partial charge in [0.2, 0.25) is 0 Å². The minimum absolute atomic E-state index is 0.137. The standard InChI is InChI=1S/C24H25Br2N3O4/c1-2-32-24(31)23(30)27-17-13-19(25)22(20(26)14-17)33-18-6-7-21-16(12-18)8-11-29(21)15-28-9-4-3-5-10-28/h6-8,11-14H,2-5,9-10,15H2,1H3,(H,27,30). The average Bonchev–Trinajstić information content (AvgIpc) is 3.19. The van der Waals surface area contributed by atoms with Crippen molar-refractivity contribution in [1.29, 1.82) is 0 Å². The monoisotopic (exact) mass is 577 g/mol. The van der Waals surface area contributed by atoms with Crippen LogP contribution in [0.4, 0.5) is 5.69 Å². The lowest BCUT2D eigenvalue weighted by Gasteiger charge is -2.27. The van der Waals surface area contributed by atoms with Crippen LogP contribution >= 0.6 is 31.9 Å². The molecular weight excluding hydrogens is 554 g/mol. The molecule has 1 N–H and O–H groups in total. The number of anilines is 1. The summed E-state index contributed by atoms with van der Waals surface area (Å²) in [4.78, 5) is 25.9. The third-order valence-electron chi connectivity index (χ3n) is 5.48. The van der Waals surface area contributed by atoms with E-state index in [2.05, 4.69) is 65.0 Å². The van der Waals surface area contributed by atoms with Crippen LogP contribution < -0.4 is 10.1 Å². The Balaban J connectivity index is 1.48. The zero-order valence-corrected chi connectivity index (χ0v) is 21.4. The summed E-state index contributed by atoms with van der Waals surface area (Å²) in [7, 11) is 0. The molecule has 0 atom stereocenters. The third kappa shape index (κ3) is 5.77. The van der Waals surface area contributed by atoms with Crippen molar-refractivity contribution >= 4 is 60.3 Å². The van der Waals surface area contributed by atoms with E-state index in [-0.39, 0.29) is 6.61 Å². The number of piperidine rings is 1. The molecule has 7 nitrogen and oxygen atoms in total. The molecule has 3 aromatic rings. The van der Waals surface area contributed by atoms with Crippen molar-refractivity contribution in [3.63, 3.8) is 0 Å². The summed E-state index contributed by atoms with van der Waals surface area (Å²) < 4.78 is 14.4. The smallest absolute Gasteiger partial charge is 0.397 e. The van der Waals surface area contributed by atoms with E-state index in [1.807, 2.05) is 12.1 Å². The number of halogens is 2. The van der Waals surface area contributed by atoms with Gasteiger partial charge in [0.05, 0.1) is 22.2 Å². The van der Waals surface area contributed by atoms with Crippen LogP contribution in [0.15, 0.2) is 51.5 Å². The largest absolute Gasteiger partial charge is 0.459 e. The molecule has 1 saturated heterocycles. The molecule has 2 aromatic carbocycles. The maximum absolute atomic E-state index is 11.9. The fourth-order valence-electron chi connectivity index (χ4n) is 3.91. The molecule has 1 fully saturated rings. The molecule has 0 saturated carbocycles. The Morgan fingerprint density at radius 2 is 1.76 bits per heavy atom. The highest BCUT2D eigenvalue weighted by molar-refractivity contribution is 9.11. The number of carbonyl (C=O) groups excluding carboxylic acids is 2. The number of ether oxygens (including phenoxy) is 2. The summed E-state index contributed by atoms with van der Waals surface area (Å²) >= 11 is 6.98. The quantitative estimate of drug-likeness (QED) is 0.291. The maximum Gasteiger partial charge on any atom is 0.397 e. The van der Waals surface area contributed by atoms with Crippen LogP contribution in [-0.2, 0) is 21.0 Å². The molecule has 33 heavy (non-hydrogen) atoms. The van der Waals surface area contributed by atoms with Gasteiger partial charge in [0.15, 0.2) is 5.75 Å². The Morgan fingerprint density at radius 1 is 1.03 bits per heavy atom.